The molecule has 3 saturated heterocycles. The Morgan fingerprint density at radius 3 is 2.66 bits per heavy atom. The van der Waals surface area contributed by atoms with Crippen LogP contribution in [0.1, 0.15) is 49.7 Å². The largest absolute Gasteiger partial charge is 0.372 e. The highest BCUT2D eigenvalue weighted by atomic mass is 79.9. The van der Waals surface area contributed by atoms with E-state index in [1.165, 1.54) is 0 Å². The number of alkyl halides is 2. The summed E-state index contributed by atoms with van der Waals surface area (Å²) in [4.78, 5) is 41.7. The van der Waals surface area contributed by atoms with Gasteiger partial charge in [-0.15, -0.1) is 0 Å². The Morgan fingerprint density at radius 1 is 1.17 bits per heavy atom. The molecule has 7 rings (SSSR count). The molecule has 3 amide bonds. The summed E-state index contributed by atoms with van der Waals surface area (Å²) in [6.07, 6.45) is 1.01. The molecule has 3 aliphatic heterocycles. The zero-order valence-corrected chi connectivity index (χ0v) is 23.7. The number of hydrogen-bond donors (Lipinski definition) is 3. The second-order valence-electron chi connectivity index (χ2n) is 11.5. The van der Waals surface area contributed by atoms with Crippen molar-refractivity contribution < 1.29 is 28.3 Å². The number of hydrogen-bond acceptors (Lipinski definition) is 5. The average molecular weight is 627 g/mol. The van der Waals surface area contributed by atoms with Crippen molar-refractivity contribution in [2.24, 2.45) is 11.8 Å². The molecule has 0 spiro atoms. The molecular formula is C30H29BrF2N4O4. The maximum absolute atomic E-state index is 15.3. The van der Waals surface area contributed by atoms with Gasteiger partial charge in [0.25, 0.3) is 11.8 Å². The smallest absolute Gasteiger partial charge is 0.264 e. The lowest BCUT2D eigenvalue weighted by Crippen LogP contribution is -2.70. The van der Waals surface area contributed by atoms with Gasteiger partial charge in [0, 0.05) is 40.5 Å². The molecule has 2 bridgehead atoms. The van der Waals surface area contributed by atoms with E-state index in [0.29, 0.717) is 39.7 Å². The molecule has 6 atom stereocenters. The van der Waals surface area contributed by atoms with Gasteiger partial charge >= 0.3 is 0 Å². The number of nitriles is 1. The summed E-state index contributed by atoms with van der Waals surface area (Å²) in [6, 6.07) is 10.4. The van der Waals surface area contributed by atoms with Gasteiger partial charge in [0.15, 0.2) is 5.60 Å². The molecular weight excluding hydrogens is 598 g/mol. The van der Waals surface area contributed by atoms with Gasteiger partial charge < -0.3 is 20.6 Å². The summed E-state index contributed by atoms with van der Waals surface area (Å²) < 4.78 is 31.2. The van der Waals surface area contributed by atoms with Crippen LogP contribution >= 0.6 is 15.9 Å². The fraction of sp³-hybridized carbons (Fsp3) is 0.467. The number of carbonyl (C=O) groups is 3. The van der Waals surface area contributed by atoms with E-state index in [4.69, 9.17) is 0 Å². The Morgan fingerprint density at radius 2 is 1.93 bits per heavy atom. The Hall–Kier alpha value is -3.36. The lowest BCUT2D eigenvalue weighted by atomic mass is 9.70. The zero-order valence-electron chi connectivity index (χ0n) is 22.1. The molecule has 4 fully saturated rings. The normalized spacial score (nSPS) is 30.0. The van der Waals surface area contributed by atoms with Crippen molar-refractivity contribution in [2.75, 3.05) is 6.54 Å². The number of piperidine rings is 3. The Labute approximate surface area is 244 Å². The topological polar surface area (TPSA) is 123 Å². The van der Waals surface area contributed by atoms with Crippen molar-refractivity contribution in [3.8, 4) is 17.2 Å². The lowest BCUT2D eigenvalue weighted by Gasteiger charge is -2.54. The molecule has 0 unspecified atom stereocenters. The van der Waals surface area contributed by atoms with Crippen LogP contribution in [0.5, 0.6) is 0 Å². The summed E-state index contributed by atoms with van der Waals surface area (Å²) in [5.41, 5.74) is -0.277. The first-order valence-electron chi connectivity index (χ1n) is 13.9. The van der Waals surface area contributed by atoms with Crippen LogP contribution in [0.3, 0.4) is 0 Å². The third kappa shape index (κ3) is 4.43. The van der Waals surface area contributed by atoms with E-state index in [9.17, 15) is 24.8 Å². The van der Waals surface area contributed by atoms with Crippen molar-refractivity contribution in [1.29, 1.82) is 5.26 Å². The van der Waals surface area contributed by atoms with Gasteiger partial charge in [0.2, 0.25) is 11.8 Å². The molecule has 214 valence electrons. The fourth-order valence-electron chi connectivity index (χ4n) is 7.19. The number of benzene rings is 2. The van der Waals surface area contributed by atoms with Crippen LogP contribution in [0.15, 0.2) is 46.9 Å². The predicted molar refractivity (Wildman–Crippen MR) is 147 cm³/mol. The molecule has 5 aliphatic rings. The summed E-state index contributed by atoms with van der Waals surface area (Å²) in [7, 11) is 0. The van der Waals surface area contributed by atoms with Gasteiger partial charge in [0.05, 0.1) is 12.0 Å². The average Bonchev–Trinajstić information content (AvgIpc) is 3.21. The van der Waals surface area contributed by atoms with Crippen LogP contribution in [0.4, 0.5) is 8.78 Å². The summed E-state index contributed by atoms with van der Waals surface area (Å²) in [5.74, 6) is -7.09. The SMILES string of the molecule is N#C[C@H](C[C@@H]1CCCNC1=O)NC(=O)[C@H]1[C@H]2CC[C@H](CC2(F)F)N1C(=O)[C@]1(O)c2ccccc2-c2ccc(Br)cc21. The van der Waals surface area contributed by atoms with Crippen LogP contribution in [-0.4, -0.2) is 58.3 Å². The highest BCUT2D eigenvalue weighted by molar-refractivity contribution is 9.10. The summed E-state index contributed by atoms with van der Waals surface area (Å²) in [6.45, 7) is 0.544. The minimum atomic E-state index is -3.20. The predicted octanol–water partition coefficient (Wildman–Crippen LogP) is 3.60. The maximum Gasteiger partial charge on any atom is 0.264 e. The van der Waals surface area contributed by atoms with E-state index in [0.717, 1.165) is 11.3 Å². The third-order valence-corrected chi connectivity index (χ3v) is 9.61. The van der Waals surface area contributed by atoms with Gasteiger partial charge in [-0.05, 0) is 55.4 Å². The molecule has 2 aromatic carbocycles. The molecule has 1 saturated carbocycles. The Kier molecular flexibility index (Phi) is 6.90. The van der Waals surface area contributed by atoms with Gasteiger partial charge in [-0.1, -0.05) is 46.3 Å². The van der Waals surface area contributed by atoms with Crippen molar-refractivity contribution in [3.05, 3.63) is 58.1 Å². The van der Waals surface area contributed by atoms with Crippen LogP contribution in [0.25, 0.3) is 11.1 Å². The molecule has 0 radical (unpaired) electrons. The minimum Gasteiger partial charge on any atom is -0.372 e. The third-order valence-electron chi connectivity index (χ3n) is 9.12. The van der Waals surface area contributed by atoms with E-state index >= 15 is 8.78 Å². The van der Waals surface area contributed by atoms with Crippen LogP contribution in [0, 0.1) is 23.2 Å². The highest BCUT2D eigenvalue weighted by Gasteiger charge is 2.63. The first-order valence-corrected chi connectivity index (χ1v) is 14.7. The molecule has 11 heteroatoms. The molecule has 41 heavy (non-hydrogen) atoms. The van der Waals surface area contributed by atoms with Crippen LogP contribution in [0.2, 0.25) is 0 Å². The second kappa shape index (κ2) is 10.2. The molecule has 8 nitrogen and oxygen atoms in total. The van der Waals surface area contributed by atoms with Gasteiger partial charge in [-0.3, -0.25) is 14.4 Å². The van der Waals surface area contributed by atoms with E-state index in [1.54, 1.807) is 42.5 Å². The van der Waals surface area contributed by atoms with E-state index in [1.807, 2.05) is 6.07 Å². The van der Waals surface area contributed by atoms with E-state index in [2.05, 4.69) is 26.6 Å². The molecule has 0 aromatic heterocycles. The Bertz CT molecular complexity index is 1480. The van der Waals surface area contributed by atoms with Crippen molar-refractivity contribution in [1.82, 2.24) is 15.5 Å². The van der Waals surface area contributed by atoms with Gasteiger partial charge in [0.1, 0.15) is 12.1 Å². The first-order chi connectivity index (χ1) is 19.6. The summed E-state index contributed by atoms with van der Waals surface area (Å²) in [5, 5.41) is 27.3. The molecule has 2 aromatic rings. The van der Waals surface area contributed by atoms with E-state index < -0.39 is 59.7 Å². The van der Waals surface area contributed by atoms with Crippen molar-refractivity contribution in [2.45, 2.75) is 68.2 Å². The van der Waals surface area contributed by atoms with Crippen LogP contribution in [-0.2, 0) is 20.0 Å². The Balaban J connectivity index is 1.36. The molecule has 2 aliphatic carbocycles. The number of halogens is 3. The van der Waals surface area contributed by atoms with Gasteiger partial charge in [-0.2, -0.15) is 5.26 Å². The highest BCUT2D eigenvalue weighted by Crippen LogP contribution is 2.54. The van der Waals surface area contributed by atoms with Crippen molar-refractivity contribution >= 4 is 33.7 Å². The van der Waals surface area contributed by atoms with Gasteiger partial charge in [-0.25, -0.2) is 8.78 Å². The monoisotopic (exact) mass is 626 g/mol. The first kappa shape index (κ1) is 27.8. The molecule has 3 heterocycles. The fourth-order valence-corrected chi connectivity index (χ4v) is 7.55. The lowest BCUT2D eigenvalue weighted by molar-refractivity contribution is -0.201. The number of rotatable bonds is 5. The summed E-state index contributed by atoms with van der Waals surface area (Å²) >= 11 is 3.41. The van der Waals surface area contributed by atoms with Crippen molar-refractivity contribution in [3.63, 3.8) is 0 Å². The molecule has 3 N–H and O–H groups in total. The number of amides is 3. The standard InChI is InChI=1S/C30H29BrF2N4O4/c31-17-7-9-21-20-5-1-2-6-22(20)30(41,24(21)13-17)28(40)37-19-8-10-23(29(32,33)14-19)25(37)27(39)36-18(15-34)12-16-4-3-11-35-26(16)38/h1-2,5-7,9,13,16,18-19,23,25,41H,3-4,8,10-12,14H2,(H,35,38)(H,36,39)/t16-,18-,19+,23+,25+,30-/m0/s1. The number of carbonyl (C=O) groups excluding carboxylic acids is 3. The number of nitrogens with zero attached hydrogens (tertiary/aromatic N) is 2. The number of fused-ring (bicyclic) bond motifs is 6. The number of aliphatic hydroxyl groups is 1. The quantitative estimate of drug-likeness (QED) is 0.468. The number of nitrogens with one attached hydrogen (secondary N) is 2. The zero-order chi connectivity index (χ0) is 29.1. The van der Waals surface area contributed by atoms with E-state index in [-0.39, 0.29) is 25.2 Å². The maximum atomic E-state index is 15.3. The van der Waals surface area contributed by atoms with Crippen LogP contribution < -0.4 is 10.6 Å². The minimum absolute atomic E-state index is 0.0267. The second-order valence-corrected chi connectivity index (χ2v) is 12.4.